The van der Waals surface area contributed by atoms with Crippen LogP contribution in [0, 0.1) is 10.1 Å². The Labute approximate surface area is 114 Å². The van der Waals surface area contributed by atoms with Gasteiger partial charge in [-0.2, -0.15) is 0 Å². The minimum atomic E-state index is -0.489. The predicted molar refractivity (Wildman–Crippen MR) is 71.2 cm³/mol. The van der Waals surface area contributed by atoms with Gasteiger partial charge < -0.3 is 9.73 Å². The van der Waals surface area contributed by atoms with Crippen LogP contribution in [0.1, 0.15) is 5.89 Å². The SMILES string of the molecule is CNCCc1ncc(-c2c(Cl)cccc2[N+](=O)[O-])o1. The highest BCUT2D eigenvalue weighted by Crippen LogP contribution is 2.36. The van der Waals surface area contributed by atoms with E-state index in [-0.39, 0.29) is 16.3 Å². The third-order valence-corrected chi connectivity index (χ3v) is 2.89. The lowest BCUT2D eigenvalue weighted by Crippen LogP contribution is -2.10. The molecule has 0 spiro atoms. The van der Waals surface area contributed by atoms with Gasteiger partial charge in [0.15, 0.2) is 11.7 Å². The maximum atomic E-state index is 11.0. The molecule has 0 atom stereocenters. The average molecular weight is 282 g/mol. The van der Waals surface area contributed by atoms with Gasteiger partial charge in [-0.15, -0.1) is 0 Å². The van der Waals surface area contributed by atoms with E-state index in [0.29, 0.717) is 24.6 Å². The Bertz CT molecular complexity index is 598. The average Bonchev–Trinajstić information content (AvgIpc) is 2.84. The summed E-state index contributed by atoms with van der Waals surface area (Å²) in [5, 5.41) is 14.2. The smallest absolute Gasteiger partial charge is 0.281 e. The zero-order valence-corrected chi connectivity index (χ0v) is 11.0. The number of benzene rings is 1. The monoisotopic (exact) mass is 281 g/mol. The van der Waals surface area contributed by atoms with Crippen molar-refractivity contribution in [2.45, 2.75) is 6.42 Å². The van der Waals surface area contributed by atoms with Crippen molar-refractivity contribution in [1.82, 2.24) is 10.3 Å². The Balaban J connectivity index is 2.41. The quantitative estimate of drug-likeness (QED) is 0.673. The first kappa shape index (κ1) is 13.5. The van der Waals surface area contributed by atoms with E-state index >= 15 is 0 Å². The molecule has 0 unspecified atom stereocenters. The summed E-state index contributed by atoms with van der Waals surface area (Å²) in [5.74, 6) is 0.821. The first-order valence-electron chi connectivity index (χ1n) is 5.66. The maximum Gasteiger partial charge on any atom is 0.281 e. The van der Waals surface area contributed by atoms with Crippen molar-refractivity contribution in [1.29, 1.82) is 0 Å². The van der Waals surface area contributed by atoms with E-state index in [0.717, 1.165) is 0 Å². The fraction of sp³-hybridized carbons (Fsp3) is 0.250. The van der Waals surface area contributed by atoms with Gasteiger partial charge in [0.05, 0.1) is 16.1 Å². The van der Waals surface area contributed by atoms with Gasteiger partial charge in [0, 0.05) is 19.0 Å². The van der Waals surface area contributed by atoms with Crippen LogP contribution in [0.15, 0.2) is 28.8 Å². The molecule has 0 bridgehead atoms. The number of nitrogens with zero attached hydrogens (tertiary/aromatic N) is 2. The van der Waals surface area contributed by atoms with Crippen molar-refractivity contribution in [3.05, 3.63) is 45.4 Å². The Morgan fingerprint density at radius 3 is 3.00 bits per heavy atom. The molecule has 0 saturated heterocycles. The molecule has 1 N–H and O–H groups in total. The number of oxazole rings is 1. The number of aromatic nitrogens is 1. The second kappa shape index (κ2) is 5.81. The van der Waals surface area contributed by atoms with Gasteiger partial charge in [-0.1, -0.05) is 17.7 Å². The normalized spacial score (nSPS) is 10.6. The Morgan fingerprint density at radius 1 is 1.53 bits per heavy atom. The zero-order valence-electron chi connectivity index (χ0n) is 10.2. The summed E-state index contributed by atoms with van der Waals surface area (Å²) in [5.41, 5.74) is 0.168. The standard InChI is InChI=1S/C12H12ClN3O3/c1-14-6-5-11-15-7-10(19-11)12-8(13)3-2-4-9(12)16(17)18/h2-4,7,14H,5-6H2,1H3. The Morgan fingerprint density at radius 2 is 2.32 bits per heavy atom. The molecule has 0 fully saturated rings. The van der Waals surface area contributed by atoms with Crippen LogP contribution in [-0.4, -0.2) is 23.5 Å². The number of rotatable bonds is 5. The molecule has 0 saturated carbocycles. The zero-order chi connectivity index (χ0) is 13.8. The van der Waals surface area contributed by atoms with Gasteiger partial charge in [0.2, 0.25) is 0 Å². The van der Waals surface area contributed by atoms with Gasteiger partial charge in [-0.25, -0.2) is 4.98 Å². The van der Waals surface area contributed by atoms with E-state index < -0.39 is 4.92 Å². The molecule has 100 valence electrons. The molecule has 19 heavy (non-hydrogen) atoms. The van der Waals surface area contributed by atoms with Crippen LogP contribution in [0.25, 0.3) is 11.3 Å². The van der Waals surface area contributed by atoms with Crippen molar-refractivity contribution in [2.75, 3.05) is 13.6 Å². The number of halogens is 1. The van der Waals surface area contributed by atoms with Crippen LogP contribution in [0.3, 0.4) is 0 Å². The lowest BCUT2D eigenvalue weighted by atomic mass is 10.1. The van der Waals surface area contributed by atoms with Gasteiger partial charge in [0.25, 0.3) is 5.69 Å². The van der Waals surface area contributed by atoms with E-state index in [1.165, 1.54) is 18.3 Å². The molecule has 1 aromatic carbocycles. The van der Waals surface area contributed by atoms with E-state index in [2.05, 4.69) is 10.3 Å². The number of nitrogens with one attached hydrogen (secondary N) is 1. The summed E-state index contributed by atoms with van der Waals surface area (Å²) >= 11 is 6.02. The fourth-order valence-corrected chi connectivity index (χ4v) is 1.94. The summed E-state index contributed by atoms with van der Waals surface area (Å²) in [7, 11) is 1.82. The molecular formula is C12H12ClN3O3. The molecule has 2 rings (SSSR count). The van der Waals surface area contributed by atoms with Crippen LogP contribution in [0.4, 0.5) is 5.69 Å². The summed E-state index contributed by atoms with van der Waals surface area (Å²) in [6.07, 6.45) is 2.06. The minimum absolute atomic E-state index is 0.0937. The molecular weight excluding hydrogens is 270 g/mol. The lowest BCUT2D eigenvalue weighted by Gasteiger charge is -2.01. The lowest BCUT2D eigenvalue weighted by molar-refractivity contribution is -0.384. The summed E-state index contributed by atoms with van der Waals surface area (Å²) in [4.78, 5) is 14.6. The van der Waals surface area contributed by atoms with E-state index in [4.69, 9.17) is 16.0 Å². The van der Waals surface area contributed by atoms with Gasteiger partial charge >= 0.3 is 0 Å². The summed E-state index contributed by atoms with van der Waals surface area (Å²) in [6.45, 7) is 0.713. The van der Waals surface area contributed by atoms with Gasteiger partial charge in [-0.05, 0) is 13.1 Å². The van der Waals surface area contributed by atoms with Crippen molar-refractivity contribution in [2.24, 2.45) is 0 Å². The van der Waals surface area contributed by atoms with Crippen molar-refractivity contribution < 1.29 is 9.34 Å². The Kier molecular flexibility index (Phi) is 4.13. The second-order valence-corrected chi connectivity index (χ2v) is 4.27. The third kappa shape index (κ3) is 2.91. The number of hydrogen-bond acceptors (Lipinski definition) is 5. The number of nitro benzene ring substituents is 1. The second-order valence-electron chi connectivity index (χ2n) is 3.86. The molecule has 0 amide bonds. The van der Waals surface area contributed by atoms with Crippen LogP contribution in [0.2, 0.25) is 5.02 Å². The topological polar surface area (TPSA) is 81.2 Å². The first-order chi connectivity index (χ1) is 9.13. The van der Waals surface area contributed by atoms with Crippen molar-refractivity contribution in [3.63, 3.8) is 0 Å². The number of nitro groups is 1. The maximum absolute atomic E-state index is 11.0. The van der Waals surface area contributed by atoms with E-state index in [1.807, 2.05) is 7.05 Å². The van der Waals surface area contributed by atoms with Crippen LogP contribution in [0.5, 0.6) is 0 Å². The van der Waals surface area contributed by atoms with E-state index in [1.54, 1.807) is 6.07 Å². The van der Waals surface area contributed by atoms with Gasteiger partial charge in [0.1, 0.15) is 5.56 Å². The highest BCUT2D eigenvalue weighted by Gasteiger charge is 2.21. The number of hydrogen-bond donors (Lipinski definition) is 1. The molecule has 7 heteroatoms. The molecule has 0 radical (unpaired) electrons. The first-order valence-corrected chi connectivity index (χ1v) is 6.04. The predicted octanol–water partition coefficient (Wildman–Crippen LogP) is 2.67. The van der Waals surface area contributed by atoms with Crippen molar-refractivity contribution >= 4 is 17.3 Å². The van der Waals surface area contributed by atoms with Crippen LogP contribution < -0.4 is 5.32 Å². The minimum Gasteiger partial charge on any atom is -0.440 e. The molecule has 2 aromatic rings. The van der Waals surface area contributed by atoms with Crippen LogP contribution in [-0.2, 0) is 6.42 Å². The van der Waals surface area contributed by atoms with Crippen LogP contribution >= 0.6 is 11.6 Å². The molecule has 0 aliphatic carbocycles. The molecule has 1 heterocycles. The number of likely N-dealkylation sites (N-methyl/N-ethyl adjacent to an activating group) is 1. The van der Waals surface area contributed by atoms with E-state index in [9.17, 15) is 10.1 Å². The highest BCUT2D eigenvalue weighted by atomic mass is 35.5. The fourth-order valence-electron chi connectivity index (χ4n) is 1.68. The molecule has 1 aromatic heterocycles. The van der Waals surface area contributed by atoms with Gasteiger partial charge in [-0.3, -0.25) is 10.1 Å². The Hall–Kier alpha value is -1.92. The highest BCUT2D eigenvalue weighted by molar-refractivity contribution is 6.33. The third-order valence-electron chi connectivity index (χ3n) is 2.58. The molecule has 6 nitrogen and oxygen atoms in total. The summed E-state index contributed by atoms with van der Waals surface area (Å²) in [6, 6.07) is 4.50. The molecule has 0 aliphatic heterocycles. The summed E-state index contributed by atoms with van der Waals surface area (Å²) < 4.78 is 5.50. The largest absolute Gasteiger partial charge is 0.440 e. The molecule has 0 aliphatic rings. The van der Waals surface area contributed by atoms with Crippen molar-refractivity contribution in [3.8, 4) is 11.3 Å².